The summed E-state index contributed by atoms with van der Waals surface area (Å²) in [6, 6.07) is 2.24. The van der Waals surface area contributed by atoms with Gasteiger partial charge < -0.3 is 11.1 Å². The first kappa shape index (κ1) is 13.0. The lowest BCUT2D eigenvalue weighted by Crippen LogP contribution is -2.39. The molecule has 0 heterocycles. The number of benzene rings is 1. The predicted octanol–water partition coefficient (Wildman–Crippen LogP) is 3.07. The van der Waals surface area contributed by atoms with Gasteiger partial charge in [0.15, 0.2) is 0 Å². The van der Waals surface area contributed by atoms with Crippen LogP contribution in [-0.4, -0.2) is 12.1 Å². The maximum absolute atomic E-state index is 6.00. The third-order valence-corrected chi connectivity index (χ3v) is 3.09. The molecular weight excluding hydrogens is 196 g/mol. The molecule has 0 saturated carbocycles. The van der Waals surface area contributed by atoms with Gasteiger partial charge >= 0.3 is 0 Å². The maximum Gasteiger partial charge on any atom is 0.0405 e. The Kier molecular flexibility index (Phi) is 3.64. The van der Waals surface area contributed by atoms with E-state index in [0.717, 1.165) is 6.54 Å². The van der Waals surface area contributed by atoms with Crippen LogP contribution in [0.15, 0.2) is 6.07 Å². The molecule has 0 aliphatic rings. The van der Waals surface area contributed by atoms with Crippen molar-refractivity contribution in [3.05, 3.63) is 28.3 Å². The van der Waals surface area contributed by atoms with Gasteiger partial charge in [-0.2, -0.15) is 0 Å². The summed E-state index contributed by atoms with van der Waals surface area (Å²) in [5.74, 6) is 0. The van der Waals surface area contributed by atoms with Gasteiger partial charge in [-0.15, -0.1) is 0 Å². The Bertz CT molecular complexity index is 360. The monoisotopic (exact) mass is 220 g/mol. The van der Waals surface area contributed by atoms with Crippen LogP contribution in [0.5, 0.6) is 0 Å². The number of aryl methyl sites for hydroxylation is 2. The molecule has 0 aromatic heterocycles. The van der Waals surface area contributed by atoms with Crippen molar-refractivity contribution in [2.45, 2.75) is 47.1 Å². The Balaban J connectivity index is 3.04. The van der Waals surface area contributed by atoms with Crippen molar-refractivity contribution in [3.63, 3.8) is 0 Å². The molecule has 0 bridgehead atoms. The van der Waals surface area contributed by atoms with Crippen LogP contribution in [0.25, 0.3) is 0 Å². The first-order valence-electron chi connectivity index (χ1n) is 5.82. The van der Waals surface area contributed by atoms with E-state index in [9.17, 15) is 0 Å². The van der Waals surface area contributed by atoms with E-state index in [4.69, 9.17) is 5.73 Å². The molecule has 2 heteroatoms. The van der Waals surface area contributed by atoms with Gasteiger partial charge in [0.2, 0.25) is 0 Å². The minimum absolute atomic E-state index is 0.184. The summed E-state index contributed by atoms with van der Waals surface area (Å²) in [7, 11) is 0. The SMILES string of the molecule is Cc1cc(C)c(C)c(NCC(C)(C)N)c1C. The standard InChI is InChI=1S/C14H24N2/c1-9-7-10(2)12(4)13(11(9)3)16-8-14(5,6)15/h7,16H,8,15H2,1-6H3. The zero-order chi connectivity index (χ0) is 12.5. The fraction of sp³-hybridized carbons (Fsp3) is 0.571. The number of nitrogens with one attached hydrogen (secondary N) is 1. The molecule has 0 aliphatic carbocycles. The number of hydrogen-bond donors (Lipinski definition) is 2. The van der Waals surface area contributed by atoms with E-state index in [1.807, 2.05) is 13.8 Å². The number of rotatable bonds is 3. The van der Waals surface area contributed by atoms with Crippen LogP contribution in [0.1, 0.15) is 36.1 Å². The smallest absolute Gasteiger partial charge is 0.0405 e. The molecule has 16 heavy (non-hydrogen) atoms. The third-order valence-electron chi connectivity index (χ3n) is 3.09. The summed E-state index contributed by atoms with van der Waals surface area (Å²) in [6.07, 6.45) is 0. The number of anilines is 1. The third kappa shape index (κ3) is 2.99. The van der Waals surface area contributed by atoms with Crippen LogP contribution in [0.2, 0.25) is 0 Å². The van der Waals surface area contributed by atoms with Crippen LogP contribution < -0.4 is 11.1 Å². The summed E-state index contributed by atoms with van der Waals surface area (Å²) in [5.41, 5.74) is 12.4. The molecule has 3 N–H and O–H groups in total. The second kappa shape index (κ2) is 4.46. The Morgan fingerprint density at radius 3 is 1.88 bits per heavy atom. The van der Waals surface area contributed by atoms with Gasteiger partial charge in [0.25, 0.3) is 0 Å². The highest BCUT2D eigenvalue weighted by atomic mass is 14.9. The second-order valence-corrected chi connectivity index (χ2v) is 5.48. The number of nitrogens with two attached hydrogens (primary N) is 1. The van der Waals surface area contributed by atoms with E-state index in [0.29, 0.717) is 0 Å². The van der Waals surface area contributed by atoms with E-state index in [1.165, 1.54) is 27.9 Å². The molecule has 0 unspecified atom stereocenters. The van der Waals surface area contributed by atoms with E-state index in [2.05, 4.69) is 39.1 Å². The lowest BCUT2D eigenvalue weighted by molar-refractivity contribution is 0.549. The molecule has 1 rings (SSSR count). The molecule has 0 fully saturated rings. The average molecular weight is 220 g/mol. The molecule has 0 amide bonds. The Labute approximate surface area is 99.2 Å². The van der Waals surface area contributed by atoms with Crippen LogP contribution in [0, 0.1) is 27.7 Å². The van der Waals surface area contributed by atoms with Gasteiger partial charge in [-0.05, 0) is 63.8 Å². The Morgan fingerprint density at radius 1 is 1.06 bits per heavy atom. The zero-order valence-corrected chi connectivity index (χ0v) is 11.4. The van der Waals surface area contributed by atoms with Crippen LogP contribution in [-0.2, 0) is 0 Å². The first-order chi connectivity index (χ1) is 7.22. The highest BCUT2D eigenvalue weighted by molar-refractivity contribution is 5.62. The fourth-order valence-electron chi connectivity index (χ4n) is 1.80. The van der Waals surface area contributed by atoms with Gasteiger partial charge in [0.1, 0.15) is 0 Å². The molecular formula is C14H24N2. The quantitative estimate of drug-likeness (QED) is 0.821. The van der Waals surface area contributed by atoms with Gasteiger partial charge in [-0.3, -0.25) is 0 Å². The van der Waals surface area contributed by atoms with Crippen molar-refractivity contribution >= 4 is 5.69 Å². The minimum Gasteiger partial charge on any atom is -0.383 e. The van der Waals surface area contributed by atoms with Crippen molar-refractivity contribution in [2.75, 3.05) is 11.9 Å². The van der Waals surface area contributed by atoms with Crippen molar-refractivity contribution < 1.29 is 0 Å². The van der Waals surface area contributed by atoms with Gasteiger partial charge in [-0.1, -0.05) is 6.07 Å². The van der Waals surface area contributed by atoms with E-state index >= 15 is 0 Å². The fourth-order valence-corrected chi connectivity index (χ4v) is 1.80. The summed E-state index contributed by atoms with van der Waals surface area (Å²) < 4.78 is 0. The minimum atomic E-state index is -0.184. The molecule has 0 atom stereocenters. The van der Waals surface area contributed by atoms with Crippen LogP contribution in [0.4, 0.5) is 5.69 Å². The van der Waals surface area contributed by atoms with Crippen LogP contribution in [0.3, 0.4) is 0 Å². The lowest BCUT2D eigenvalue weighted by atomic mass is 9.98. The molecule has 0 aliphatic heterocycles. The molecule has 2 nitrogen and oxygen atoms in total. The summed E-state index contributed by atoms with van der Waals surface area (Å²) in [6.45, 7) is 13.5. The van der Waals surface area contributed by atoms with Crippen molar-refractivity contribution in [3.8, 4) is 0 Å². The first-order valence-corrected chi connectivity index (χ1v) is 5.82. The molecule has 0 spiro atoms. The van der Waals surface area contributed by atoms with Crippen molar-refractivity contribution in [1.82, 2.24) is 0 Å². The van der Waals surface area contributed by atoms with Crippen molar-refractivity contribution in [2.24, 2.45) is 5.73 Å². The zero-order valence-electron chi connectivity index (χ0n) is 11.4. The normalized spacial score (nSPS) is 11.7. The Hall–Kier alpha value is -1.02. The van der Waals surface area contributed by atoms with Gasteiger partial charge in [0, 0.05) is 17.8 Å². The highest BCUT2D eigenvalue weighted by Gasteiger charge is 2.13. The molecule has 0 radical (unpaired) electrons. The second-order valence-electron chi connectivity index (χ2n) is 5.48. The lowest BCUT2D eigenvalue weighted by Gasteiger charge is -2.23. The molecule has 1 aromatic rings. The topological polar surface area (TPSA) is 38.0 Å². The van der Waals surface area contributed by atoms with E-state index in [1.54, 1.807) is 0 Å². The molecule has 0 saturated heterocycles. The Morgan fingerprint density at radius 2 is 1.50 bits per heavy atom. The maximum atomic E-state index is 6.00. The van der Waals surface area contributed by atoms with E-state index in [-0.39, 0.29) is 5.54 Å². The molecule has 1 aromatic carbocycles. The largest absolute Gasteiger partial charge is 0.383 e. The van der Waals surface area contributed by atoms with Crippen LogP contribution >= 0.6 is 0 Å². The molecule has 90 valence electrons. The van der Waals surface area contributed by atoms with Gasteiger partial charge in [0.05, 0.1) is 0 Å². The van der Waals surface area contributed by atoms with Crippen molar-refractivity contribution in [1.29, 1.82) is 0 Å². The van der Waals surface area contributed by atoms with Gasteiger partial charge in [-0.25, -0.2) is 0 Å². The average Bonchev–Trinajstić information content (AvgIpc) is 2.13. The summed E-state index contributed by atoms with van der Waals surface area (Å²) in [5, 5.41) is 3.48. The summed E-state index contributed by atoms with van der Waals surface area (Å²) in [4.78, 5) is 0. The highest BCUT2D eigenvalue weighted by Crippen LogP contribution is 2.26. The number of hydrogen-bond acceptors (Lipinski definition) is 2. The summed E-state index contributed by atoms with van der Waals surface area (Å²) >= 11 is 0. The predicted molar refractivity (Wildman–Crippen MR) is 72.1 cm³/mol. The van der Waals surface area contributed by atoms with E-state index < -0.39 is 0 Å².